The summed E-state index contributed by atoms with van der Waals surface area (Å²) >= 11 is 0. The molecule has 1 amide bonds. The van der Waals surface area contributed by atoms with Crippen LogP contribution in [-0.4, -0.2) is 100 Å². The highest BCUT2D eigenvalue weighted by Gasteiger charge is 2.41. The molecule has 2 aliphatic heterocycles. The van der Waals surface area contributed by atoms with Crippen LogP contribution in [0.4, 0.5) is 10.5 Å². The van der Waals surface area contributed by atoms with E-state index in [0.29, 0.717) is 59.2 Å². The minimum atomic E-state index is -0.616. The van der Waals surface area contributed by atoms with Crippen molar-refractivity contribution in [2.45, 2.75) is 84.4 Å². The molecule has 1 saturated heterocycles. The molecule has 4 rings (SSSR count). The Labute approximate surface area is 281 Å². The van der Waals surface area contributed by atoms with Gasteiger partial charge in [-0.1, -0.05) is 30.3 Å². The summed E-state index contributed by atoms with van der Waals surface area (Å²) in [5.41, 5.74) is 3.68. The van der Waals surface area contributed by atoms with Crippen LogP contribution in [0.1, 0.15) is 70.1 Å². The molecule has 0 spiro atoms. The summed E-state index contributed by atoms with van der Waals surface area (Å²) in [5, 5.41) is 10.1. The largest absolute Gasteiger partial charge is 0.490 e. The van der Waals surface area contributed by atoms with E-state index in [0.717, 1.165) is 47.6 Å². The van der Waals surface area contributed by atoms with Crippen molar-refractivity contribution in [2.75, 3.05) is 71.2 Å². The van der Waals surface area contributed by atoms with Gasteiger partial charge in [-0.25, -0.2) is 4.79 Å². The highest BCUT2D eigenvalue weighted by molar-refractivity contribution is 5.68. The number of likely N-dealkylation sites (tertiary alicyclic amines) is 1. The Morgan fingerprint density at radius 1 is 1.09 bits per heavy atom. The maximum atomic E-state index is 13.3. The predicted octanol–water partition coefficient (Wildman–Crippen LogP) is 5.78. The molecular formula is C37H56N2O8. The third-order valence-corrected chi connectivity index (χ3v) is 8.58. The number of benzene rings is 2. The number of fused-ring (bicyclic) bond motifs is 1. The number of aliphatic hydroxyl groups excluding tert-OH is 1. The maximum Gasteiger partial charge on any atom is 0.410 e. The van der Waals surface area contributed by atoms with Gasteiger partial charge in [0.15, 0.2) is 0 Å². The van der Waals surface area contributed by atoms with Crippen LogP contribution in [0.25, 0.3) is 0 Å². The first-order valence-electron chi connectivity index (χ1n) is 17.1. The number of ether oxygens (including phenoxy) is 6. The number of rotatable bonds is 16. The summed E-state index contributed by atoms with van der Waals surface area (Å²) in [5.74, 6) is 0.831. The summed E-state index contributed by atoms with van der Waals surface area (Å²) in [7, 11) is 1.73. The highest BCUT2D eigenvalue weighted by atomic mass is 16.6. The van der Waals surface area contributed by atoms with Gasteiger partial charge in [-0.2, -0.15) is 0 Å². The third kappa shape index (κ3) is 11.1. The number of carbonyl (C=O) groups excluding carboxylic acids is 1. The fraction of sp³-hybridized carbons (Fsp3) is 0.649. The zero-order chi connectivity index (χ0) is 33.8. The van der Waals surface area contributed by atoms with Gasteiger partial charge in [-0.3, -0.25) is 0 Å². The second kappa shape index (κ2) is 18.0. The van der Waals surface area contributed by atoms with E-state index in [2.05, 4.69) is 35.2 Å². The molecule has 10 nitrogen and oxygen atoms in total. The fourth-order valence-corrected chi connectivity index (χ4v) is 6.42. The molecule has 2 heterocycles. The van der Waals surface area contributed by atoms with Crippen LogP contribution in [0.5, 0.6) is 5.75 Å². The second-order valence-corrected chi connectivity index (χ2v) is 13.5. The van der Waals surface area contributed by atoms with Crippen LogP contribution in [0, 0.1) is 5.92 Å². The van der Waals surface area contributed by atoms with Crippen molar-refractivity contribution in [1.82, 2.24) is 4.90 Å². The van der Waals surface area contributed by atoms with E-state index in [1.165, 1.54) is 0 Å². The van der Waals surface area contributed by atoms with Gasteiger partial charge in [-0.15, -0.1) is 0 Å². The Bertz CT molecular complexity index is 1230. The van der Waals surface area contributed by atoms with Crippen molar-refractivity contribution < 1.29 is 38.3 Å². The normalized spacial score (nSPS) is 20.4. The maximum absolute atomic E-state index is 13.3. The fourth-order valence-electron chi connectivity index (χ4n) is 6.42. The van der Waals surface area contributed by atoms with Crippen LogP contribution in [0.15, 0.2) is 42.5 Å². The second-order valence-electron chi connectivity index (χ2n) is 13.5. The van der Waals surface area contributed by atoms with Gasteiger partial charge in [0, 0.05) is 45.9 Å². The van der Waals surface area contributed by atoms with E-state index in [-0.39, 0.29) is 36.7 Å². The molecule has 2 aromatic rings. The average Bonchev–Trinajstić information content (AvgIpc) is 3.04. The van der Waals surface area contributed by atoms with Crippen LogP contribution >= 0.6 is 0 Å². The molecule has 1 fully saturated rings. The third-order valence-electron chi connectivity index (χ3n) is 8.58. The van der Waals surface area contributed by atoms with Crippen LogP contribution in [0.3, 0.4) is 0 Å². The predicted molar refractivity (Wildman–Crippen MR) is 182 cm³/mol. The van der Waals surface area contributed by atoms with Crippen molar-refractivity contribution >= 4 is 11.8 Å². The Balaban J connectivity index is 1.54. The molecule has 4 atom stereocenters. The first-order chi connectivity index (χ1) is 22.6. The van der Waals surface area contributed by atoms with Crippen LogP contribution in [-0.2, 0) is 36.9 Å². The molecule has 0 saturated carbocycles. The standard InChI is InChI=1S/C37H56N2O8/c1-7-44-27(2)24-43-25-28-9-12-30(13-10-28)35-31(15-18-40)22-39(36(41)47-37(3,4)5)23-34(35)46-26-29-11-14-33-32(21-29)38(17-20-45-33)16-8-19-42-6/h9-14,21,27,31,34-35,40H,7-8,15-20,22-26H2,1-6H3/t27-,31-,34+,35+/m1/s1. The van der Waals surface area contributed by atoms with Crippen molar-refractivity contribution in [3.8, 4) is 5.75 Å². The first kappa shape index (κ1) is 36.9. The van der Waals surface area contributed by atoms with Crippen molar-refractivity contribution in [2.24, 2.45) is 5.92 Å². The van der Waals surface area contributed by atoms with Crippen molar-refractivity contribution in [1.29, 1.82) is 0 Å². The lowest BCUT2D eigenvalue weighted by molar-refractivity contribution is -0.0556. The van der Waals surface area contributed by atoms with Crippen LogP contribution in [0.2, 0.25) is 0 Å². The molecule has 2 aromatic carbocycles. The van der Waals surface area contributed by atoms with Gasteiger partial charge in [0.2, 0.25) is 0 Å². The van der Waals surface area contributed by atoms with E-state index in [1.54, 1.807) is 12.0 Å². The van der Waals surface area contributed by atoms with Gasteiger partial charge in [0.25, 0.3) is 0 Å². The minimum absolute atomic E-state index is 0.0176. The molecule has 0 aliphatic carbocycles. The summed E-state index contributed by atoms with van der Waals surface area (Å²) in [4.78, 5) is 17.4. The molecule has 2 aliphatic rings. The topological polar surface area (TPSA) is 99.2 Å². The number of piperidine rings is 1. The first-order valence-corrected chi connectivity index (χ1v) is 17.1. The molecule has 47 heavy (non-hydrogen) atoms. The Kier molecular flexibility index (Phi) is 14.2. The molecule has 1 N–H and O–H groups in total. The van der Waals surface area contributed by atoms with E-state index in [1.807, 2.05) is 46.8 Å². The van der Waals surface area contributed by atoms with Crippen molar-refractivity contribution in [3.63, 3.8) is 0 Å². The number of nitrogens with zero attached hydrogens (tertiary/aromatic N) is 2. The number of aliphatic hydroxyl groups is 1. The number of hydrogen-bond donors (Lipinski definition) is 1. The lowest BCUT2D eigenvalue weighted by atomic mass is 9.77. The van der Waals surface area contributed by atoms with Gasteiger partial charge in [-0.05, 0) is 82.2 Å². The lowest BCUT2D eigenvalue weighted by Crippen LogP contribution is -2.52. The average molecular weight is 657 g/mol. The number of carbonyl (C=O) groups is 1. The number of amides is 1. The van der Waals surface area contributed by atoms with Gasteiger partial charge >= 0.3 is 6.09 Å². The van der Waals surface area contributed by atoms with E-state index in [4.69, 9.17) is 28.4 Å². The summed E-state index contributed by atoms with van der Waals surface area (Å²) in [6.45, 7) is 15.6. The van der Waals surface area contributed by atoms with Gasteiger partial charge in [0.05, 0.1) is 50.8 Å². The quantitative estimate of drug-likeness (QED) is 0.226. The summed E-state index contributed by atoms with van der Waals surface area (Å²) in [6, 6.07) is 14.7. The van der Waals surface area contributed by atoms with Gasteiger partial charge < -0.3 is 43.3 Å². The van der Waals surface area contributed by atoms with E-state index >= 15 is 0 Å². The monoisotopic (exact) mass is 656 g/mol. The number of methoxy groups -OCH3 is 1. The minimum Gasteiger partial charge on any atom is -0.490 e. The Morgan fingerprint density at radius 2 is 1.85 bits per heavy atom. The Hall–Kier alpha value is -2.89. The Morgan fingerprint density at radius 3 is 2.55 bits per heavy atom. The smallest absolute Gasteiger partial charge is 0.410 e. The van der Waals surface area contributed by atoms with Crippen LogP contribution < -0.4 is 9.64 Å². The number of anilines is 1. The van der Waals surface area contributed by atoms with E-state index < -0.39 is 5.60 Å². The molecule has 0 aromatic heterocycles. The van der Waals surface area contributed by atoms with E-state index in [9.17, 15) is 9.90 Å². The zero-order valence-electron chi connectivity index (χ0n) is 29.2. The molecule has 0 bridgehead atoms. The lowest BCUT2D eigenvalue weighted by Gasteiger charge is -2.44. The SMILES string of the molecule is CCO[C@H](C)COCc1ccc([C@H]2[C@H](CCO)CN(C(=O)OC(C)(C)C)C[C@@H]2OCc2ccc3c(c2)N(CCCOC)CCO3)cc1. The van der Waals surface area contributed by atoms with Crippen molar-refractivity contribution in [3.05, 3.63) is 59.2 Å². The highest BCUT2D eigenvalue weighted by Crippen LogP contribution is 2.39. The molecule has 0 unspecified atom stereocenters. The number of hydrogen-bond acceptors (Lipinski definition) is 9. The molecular weight excluding hydrogens is 600 g/mol. The summed E-state index contributed by atoms with van der Waals surface area (Å²) < 4.78 is 35.2. The molecule has 262 valence electrons. The summed E-state index contributed by atoms with van der Waals surface area (Å²) in [6.07, 6.45) is 0.847. The molecule has 10 heteroatoms. The van der Waals surface area contributed by atoms with Gasteiger partial charge in [0.1, 0.15) is 18.0 Å². The zero-order valence-corrected chi connectivity index (χ0v) is 29.2. The molecule has 0 radical (unpaired) electrons.